The van der Waals surface area contributed by atoms with Crippen LogP contribution in [0.5, 0.6) is 0 Å². The lowest BCUT2D eigenvalue weighted by molar-refractivity contribution is -0.154. The van der Waals surface area contributed by atoms with Crippen molar-refractivity contribution in [3.8, 4) is 0 Å². The molecule has 1 aromatic carbocycles. The minimum atomic E-state index is -0.798. The van der Waals surface area contributed by atoms with Gasteiger partial charge in [0.25, 0.3) is 5.91 Å². The highest BCUT2D eigenvalue weighted by molar-refractivity contribution is 8.02. The van der Waals surface area contributed by atoms with E-state index in [4.69, 9.17) is 4.74 Å². The molecule has 1 aromatic rings. The van der Waals surface area contributed by atoms with Crippen molar-refractivity contribution in [1.29, 1.82) is 0 Å². The molecule has 2 unspecified atom stereocenters. The summed E-state index contributed by atoms with van der Waals surface area (Å²) < 4.78 is 4.93. The van der Waals surface area contributed by atoms with Gasteiger partial charge < -0.3 is 19.6 Å². The molecule has 0 aromatic heterocycles. The maximum absolute atomic E-state index is 14.8. The molecule has 0 aliphatic carbocycles. The Morgan fingerprint density at radius 2 is 1.95 bits per heavy atom. The van der Waals surface area contributed by atoms with Crippen molar-refractivity contribution >= 4 is 35.2 Å². The van der Waals surface area contributed by atoms with Gasteiger partial charge in [-0.15, -0.1) is 24.9 Å². The van der Waals surface area contributed by atoms with Gasteiger partial charge >= 0.3 is 5.97 Å². The molecule has 3 aliphatic heterocycles. The second kappa shape index (κ2) is 12.5. The lowest BCUT2D eigenvalue weighted by Gasteiger charge is -2.40. The minimum Gasteiger partial charge on any atom is -0.465 e. The number of hydrogen-bond donors (Lipinski definition) is 1. The SMILES string of the molecule is C=CCCCOC(=O)[C@@H]1[C@H]2C(=O)N([C@@H](CO)CC(C)C)C(C(=O)N(CC=C)c3c(C)cccc3C)C23CC[C@H]1S3. The highest BCUT2D eigenvalue weighted by Crippen LogP contribution is 2.67. The summed E-state index contributed by atoms with van der Waals surface area (Å²) >= 11 is 1.63. The molecule has 0 radical (unpaired) electrons. The molecule has 7 nitrogen and oxygen atoms in total. The van der Waals surface area contributed by atoms with Crippen LogP contribution in [0.15, 0.2) is 43.5 Å². The van der Waals surface area contributed by atoms with Gasteiger partial charge in [0.15, 0.2) is 0 Å². The quantitative estimate of drug-likeness (QED) is 0.208. The third kappa shape index (κ3) is 5.25. The summed E-state index contributed by atoms with van der Waals surface area (Å²) in [6, 6.07) is 4.61. The van der Waals surface area contributed by atoms with E-state index in [1.807, 2.05) is 45.9 Å². The summed E-state index contributed by atoms with van der Waals surface area (Å²) in [5, 5.41) is 10.5. The first kappa shape index (κ1) is 30.4. The lowest BCUT2D eigenvalue weighted by atomic mass is 9.71. The number of thioether (sulfide) groups is 1. The number of rotatable bonds is 13. The van der Waals surface area contributed by atoms with Crippen LogP contribution in [0, 0.1) is 31.6 Å². The average Bonchev–Trinajstić information content (AvgIpc) is 3.56. The van der Waals surface area contributed by atoms with Crippen molar-refractivity contribution in [3.63, 3.8) is 0 Å². The number of unbranched alkanes of at least 4 members (excludes halogenated alkanes) is 1. The zero-order valence-electron chi connectivity index (χ0n) is 24.3. The number of hydrogen-bond acceptors (Lipinski definition) is 6. The Labute approximate surface area is 243 Å². The highest BCUT2D eigenvalue weighted by Gasteiger charge is 2.74. The molecule has 218 valence electrons. The van der Waals surface area contributed by atoms with Crippen LogP contribution < -0.4 is 4.90 Å². The Hall–Kier alpha value is -2.58. The fraction of sp³-hybridized carbons (Fsp3) is 0.594. The van der Waals surface area contributed by atoms with Crippen LogP contribution in [0.25, 0.3) is 0 Å². The molecule has 4 rings (SSSR count). The highest BCUT2D eigenvalue weighted by atomic mass is 32.2. The number of para-hydroxylation sites is 1. The third-order valence-corrected chi connectivity index (χ3v) is 10.6. The number of fused-ring (bicyclic) bond motifs is 1. The monoisotopic (exact) mass is 568 g/mol. The number of likely N-dealkylation sites (tertiary alicyclic amines) is 1. The van der Waals surface area contributed by atoms with Crippen molar-refractivity contribution in [1.82, 2.24) is 4.90 Å². The van der Waals surface area contributed by atoms with E-state index in [-0.39, 0.29) is 42.2 Å². The number of esters is 1. The summed E-state index contributed by atoms with van der Waals surface area (Å²) in [6.45, 7) is 16.0. The zero-order chi connectivity index (χ0) is 29.2. The van der Waals surface area contributed by atoms with Crippen LogP contribution in [0.1, 0.15) is 57.1 Å². The van der Waals surface area contributed by atoms with Gasteiger partial charge in [-0.2, -0.15) is 0 Å². The Kier molecular flexibility index (Phi) is 9.51. The van der Waals surface area contributed by atoms with E-state index in [0.717, 1.165) is 29.7 Å². The van der Waals surface area contributed by atoms with Crippen LogP contribution in [0.2, 0.25) is 0 Å². The van der Waals surface area contributed by atoms with E-state index in [0.29, 0.717) is 25.8 Å². The molecular weight excluding hydrogens is 524 g/mol. The zero-order valence-corrected chi connectivity index (χ0v) is 25.1. The Bertz CT molecular complexity index is 1130. The fourth-order valence-electron chi connectivity index (χ4n) is 7.15. The van der Waals surface area contributed by atoms with E-state index < -0.39 is 28.7 Å². The molecule has 3 heterocycles. The fourth-order valence-corrected chi connectivity index (χ4v) is 9.34. The number of aliphatic hydroxyl groups is 1. The van der Waals surface area contributed by atoms with E-state index >= 15 is 0 Å². The van der Waals surface area contributed by atoms with E-state index in [9.17, 15) is 19.5 Å². The van der Waals surface area contributed by atoms with Crippen LogP contribution in [-0.2, 0) is 19.1 Å². The second-order valence-electron chi connectivity index (χ2n) is 11.8. The first-order valence-electron chi connectivity index (χ1n) is 14.5. The molecule has 6 atom stereocenters. The molecule has 0 saturated carbocycles. The average molecular weight is 569 g/mol. The molecular formula is C32H44N2O5S. The number of nitrogens with zero attached hydrogens (tertiary/aromatic N) is 2. The molecule has 8 heteroatoms. The molecule has 1 spiro atoms. The Balaban J connectivity index is 1.79. The van der Waals surface area contributed by atoms with Gasteiger partial charge in [0, 0.05) is 17.5 Å². The summed E-state index contributed by atoms with van der Waals surface area (Å²) in [5.74, 6) is -1.78. The number of anilines is 1. The summed E-state index contributed by atoms with van der Waals surface area (Å²) in [5.41, 5.74) is 2.75. The number of carbonyl (C=O) groups is 3. The molecule has 2 amide bonds. The Morgan fingerprint density at radius 1 is 1.25 bits per heavy atom. The minimum absolute atomic E-state index is 0.0657. The van der Waals surface area contributed by atoms with Crippen molar-refractivity contribution < 1.29 is 24.2 Å². The van der Waals surface area contributed by atoms with Gasteiger partial charge in [-0.1, -0.05) is 44.2 Å². The van der Waals surface area contributed by atoms with Gasteiger partial charge in [-0.25, -0.2) is 0 Å². The van der Waals surface area contributed by atoms with Crippen molar-refractivity contribution in [2.24, 2.45) is 17.8 Å². The van der Waals surface area contributed by atoms with Crippen LogP contribution >= 0.6 is 11.8 Å². The summed E-state index contributed by atoms with van der Waals surface area (Å²) in [4.78, 5) is 46.1. The molecule has 3 saturated heterocycles. The predicted octanol–water partition coefficient (Wildman–Crippen LogP) is 4.83. The number of amides is 2. The maximum Gasteiger partial charge on any atom is 0.310 e. The first-order chi connectivity index (χ1) is 19.1. The number of benzene rings is 1. The first-order valence-corrected chi connectivity index (χ1v) is 15.4. The van der Waals surface area contributed by atoms with Crippen molar-refractivity contribution in [2.75, 3.05) is 24.7 Å². The van der Waals surface area contributed by atoms with E-state index in [2.05, 4.69) is 13.2 Å². The Morgan fingerprint density at radius 3 is 2.55 bits per heavy atom. The number of carbonyl (C=O) groups excluding carboxylic acids is 3. The summed E-state index contributed by atoms with van der Waals surface area (Å²) in [7, 11) is 0. The van der Waals surface area contributed by atoms with E-state index in [1.165, 1.54) is 0 Å². The number of aryl methyl sites for hydroxylation is 2. The lowest BCUT2D eigenvalue weighted by Crippen LogP contribution is -2.58. The molecule has 3 aliphatic rings. The van der Waals surface area contributed by atoms with Gasteiger partial charge in [0.1, 0.15) is 6.04 Å². The second-order valence-corrected chi connectivity index (χ2v) is 13.4. The van der Waals surface area contributed by atoms with Gasteiger partial charge in [-0.05, 0) is 63.0 Å². The topological polar surface area (TPSA) is 87.1 Å². The molecule has 40 heavy (non-hydrogen) atoms. The van der Waals surface area contributed by atoms with Crippen LogP contribution in [-0.4, -0.2) is 69.6 Å². The van der Waals surface area contributed by atoms with E-state index in [1.54, 1.807) is 33.7 Å². The normalized spacial score (nSPS) is 27.6. The van der Waals surface area contributed by atoms with Crippen LogP contribution in [0.4, 0.5) is 5.69 Å². The largest absolute Gasteiger partial charge is 0.465 e. The molecule has 3 fully saturated rings. The van der Waals surface area contributed by atoms with Crippen LogP contribution in [0.3, 0.4) is 0 Å². The predicted molar refractivity (Wildman–Crippen MR) is 160 cm³/mol. The smallest absolute Gasteiger partial charge is 0.310 e. The number of allylic oxidation sites excluding steroid dienone is 1. The standard InChI is InChI=1S/C32H44N2O5S/c1-7-9-10-17-39-31(38)25-24-14-15-32(40-24)26(25)29(36)34(23(19-35)18-20(3)4)28(32)30(37)33(16-8-2)27-21(5)12-11-13-22(27)6/h7-8,11-13,20,23-26,28,35H,1-2,9-10,14-19H2,3-6H3/t23-,24-,25+,26+,28?,32?/m1/s1. The van der Waals surface area contributed by atoms with Gasteiger partial charge in [0.05, 0.1) is 35.8 Å². The third-order valence-electron chi connectivity index (χ3n) is 8.68. The molecule has 1 N–H and O–H groups in total. The molecule has 2 bridgehead atoms. The number of ether oxygens (including phenoxy) is 1. The van der Waals surface area contributed by atoms with Crippen molar-refractivity contribution in [2.45, 2.75) is 81.9 Å². The summed E-state index contributed by atoms with van der Waals surface area (Å²) in [6.07, 6.45) is 6.91. The van der Waals surface area contributed by atoms with Crippen molar-refractivity contribution in [3.05, 3.63) is 54.6 Å². The van der Waals surface area contributed by atoms with Gasteiger partial charge in [0.2, 0.25) is 5.91 Å². The maximum atomic E-state index is 14.8. The number of aliphatic hydroxyl groups excluding tert-OH is 1. The van der Waals surface area contributed by atoms with Gasteiger partial charge in [-0.3, -0.25) is 14.4 Å².